The summed E-state index contributed by atoms with van der Waals surface area (Å²) in [7, 11) is 1.56. The molecule has 5 aromatic rings. The number of hydrogen-bond donors (Lipinski definition) is 1. The summed E-state index contributed by atoms with van der Waals surface area (Å²) in [6, 6.07) is 26.2. The van der Waals surface area contributed by atoms with Crippen LogP contribution in [0.2, 0.25) is 0 Å². The molecule has 2 heterocycles. The number of Topliss-reactive ketones (excluding diaryl/α,β-unsaturated/α-hetero) is 1. The van der Waals surface area contributed by atoms with Crippen LogP contribution in [0.1, 0.15) is 22.7 Å². The highest BCUT2D eigenvalue weighted by atomic mass is 32.1. The maximum atomic E-state index is 13.6. The van der Waals surface area contributed by atoms with Crippen LogP contribution in [-0.2, 0) is 16.2 Å². The van der Waals surface area contributed by atoms with E-state index in [1.54, 1.807) is 49.6 Å². The van der Waals surface area contributed by atoms with Crippen molar-refractivity contribution in [2.45, 2.75) is 12.6 Å². The third-order valence-corrected chi connectivity index (χ3v) is 7.81. The lowest BCUT2D eigenvalue weighted by Crippen LogP contribution is -2.29. The second kappa shape index (κ2) is 10.9. The Morgan fingerprint density at radius 3 is 2.37 bits per heavy atom. The average molecular weight is 567 g/mol. The molecule has 204 valence electrons. The van der Waals surface area contributed by atoms with E-state index in [4.69, 9.17) is 9.47 Å². The number of carbonyl (C=O) groups is 2. The van der Waals surface area contributed by atoms with Crippen molar-refractivity contribution in [1.29, 1.82) is 0 Å². The number of aliphatic hydroxyl groups is 1. The fourth-order valence-corrected chi connectivity index (χ4v) is 5.74. The number of ketones is 1. The number of benzene rings is 4. The van der Waals surface area contributed by atoms with Crippen molar-refractivity contribution in [1.82, 2.24) is 4.98 Å². The highest BCUT2D eigenvalue weighted by Gasteiger charge is 2.48. The third kappa shape index (κ3) is 5.03. The summed E-state index contributed by atoms with van der Waals surface area (Å²) in [5.41, 5.74) is 2.31. The first-order chi connectivity index (χ1) is 19.9. The van der Waals surface area contributed by atoms with Gasteiger partial charge in [0.2, 0.25) is 0 Å². The maximum absolute atomic E-state index is 13.6. The first-order valence-electron chi connectivity index (χ1n) is 12.7. The topological polar surface area (TPSA) is 89.0 Å². The lowest BCUT2D eigenvalue weighted by Gasteiger charge is -2.23. The molecule has 9 heteroatoms. The van der Waals surface area contributed by atoms with Crippen molar-refractivity contribution >= 4 is 44.1 Å². The van der Waals surface area contributed by atoms with Crippen LogP contribution in [0.4, 0.5) is 9.52 Å². The minimum atomic E-state index is -0.981. The number of ether oxygens (including phenoxy) is 2. The Morgan fingerprint density at radius 2 is 1.66 bits per heavy atom. The van der Waals surface area contributed by atoms with E-state index in [0.29, 0.717) is 34.3 Å². The summed E-state index contributed by atoms with van der Waals surface area (Å²) in [5, 5.41) is 11.6. The summed E-state index contributed by atoms with van der Waals surface area (Å²) in [6.07, 6.45) is 0. The largest absolute Gasteiger partial charge is 0.507 e. The molecule has 0 spiro atoms. The minimum Gasteiger partial charge on any atom is -0.507 e. The number of rotatable bonds is 7. The van der Waals surface area contributed by atoms with Crippen LogP contribution in [0.15, 0.2) is 103 Å². The molecule has 41 heavy (non-hydrogen) atoms. The molecule has 1 amide bonds. The second-order valence-electron chi connectivity index (χ2n) is 9.35. The Balaban J connectivity index is 1.43. The standard InChI is InChI=1S/C32H23FN2O5S/c1-39-24-15-16-25-26(17-24)41-32(34-25)35-28(20-9-13-23(14-10-20)40-18-19-5-3-2-4-6-19)27(30(37)31(35)38)29(36)21-7-11-22(33)12-8-21/h2-17,28,36H,18H2,1H3. The molecule has 1 fully saturated rings. The fraction of sp³-hybridized carbons (Fsp3) is 0.0938. The number of fused-ring (bicyclic) bond motifs is 1. The molecule has 1 aliphatic heterocycles. The Labute approximate surface area is 238 Å². The number of amides is 1. The predicted octanol–water partition coefficient (Wildman–Crippen LogP) is 6.65. The molecular weight excluding hydrogens is 543 g/mol. The summed E-state index contributed by atoms with van der Waals surface area (Å²) in [5.74, 6) is -1.35. The molecule has 1 unspecified atom stereocenters. The van der Waals surface area contributed by atoms with Crippen LogP contribution in [0.25, 0.3) is 16.0 Å². The Bertz CT molecular complexity index is 1780. The van der Waals surface area contributed by atoms with Gasteiger partial charge in [-0.2, -0.15) is 0 Å². The van der Waals surface area contributed by atoms with Crippen molar-refractivity contribution < 1.29 is 28.6 Å². The number of hydrogen-bond acceptors (Lipinski definition) is 7. The number of methoxy groups -OCH3 is 1. The number of anilines is 1. The van der Waals surface area contributed by atoms with E-state index >= 15 is 0 Å². The summed E-state index contributed by atoms with van der Waals surface area (Å²) in [4.78, 5) is 32.9. The van der Waals surface area contributed by atoms with Gasteiger partial charge in [0.15, 0.2) is 5.13 Å². The van der Waals surface area contributed by atoms with E-state index in [9.17, 15) is 19.1 Å². The smallest absolute Gasteiger partial charge is 0.301 e. The molecule has 0 aliphatic carbocycles. The van der Waals surface area contributed by atoms with Gasteiger partial charge in [-0.3, -0.25) is 14.5 Å². The van der Waals surface area contributed by atoms with Crippen molar-refractivity contribution in [2.75, 3.05) is 12.0 Å². The van der Waals surface area contributed by atoms with E-state index in [2.05, 4.69) is 4.98 Å². The molecule has 6 rings (SSSR count). The molecule has 1 N–H and O–H groups in total. The monoisotopic (exact) mass is 566 g/mol. The van der Waals surface area contributed by atoms with Crippen molar-refractivity contribution in [2.24, 2.45) is 0 Å². The van der Waals surface area contributed by atoms with Crippen LogP contribution in [0.5, 0.6) is 11.5 Å². The lowest BCUT2D eigenvalue weighted by molar-refractivity contribution is -0.132. The number of thiazole rings is 1. The van der Waals surface area contributed by atoms with E-state index in [1.165, 1.54) is 40.5 Å². The van der Waals surface area contributed by atoms with Gasteiger partial charge >= 0.3 is 5.91 Å². The van der Waals surface area contributed by atoms with Gasteiger partial charge in [-0.25, -0.2) is 9.37 Å². The molecule has 1 atom stereocenters. The van der Waals surface area contributed by atoms with E-state index in [1.807, 2.05) is 30.3 Å². The SMILES string of the molecule is COc1ccc2nc(N3C(=O)C(=O)C(=C(O)c4ccc(F)cc4)C3c3ccc(OCc4ccccc4)cc3)sc2c1. The fourth-order valence-electron chi connectivity index (χ4n) is 4.72. The van der Waals surface area contributed by atoms with Gasteiger partial charge < -0.3 is 14.6 Å². The van der Waals surface area contributed by atoms with Crippen LogP contribution < -0.4 is 14.4 Å². The van der Waals surface area contributed by atoms with Crippen LogP contribution in [0.3, 0.4) is 0 Å². The molecular formula is C32H23FN2O5S. The molecule has 0 bridgehead atoms. The van der Waals surface area contributed by atoms with Gasteiger partial charge in [0.1, 0.15) is 29.7 Å². The van der Waals surface area contributed by atoms with Gasteiger partial charge in [0, 0.05) is 5.56 Å². The number of nitrogens with zero attached hydrogens (tertiary/aromatic N) is 2. The molecule has 1 saturated heterocycles. The van der Waals surface area contributed by atoms with Crippen LogP contribution in [-0.4, -0.2) is 28.9 Å². The van der Waals surface area contributed by atoms with Crippen molar-refractivity contribution in [3.05, 3.63) is 125 Å². The van der Waals surface area contributed by atoms with E-state index in [0.717, 1.165) is 10.3 Å². The zero-order chi connectivity index (χ0) is 28.5. The first-order valence-corrected chi connectivity index (χ1v) is 13.5. The van der Waals surface area contributed by atoms with Crippen molar-refractivity contribution in [3.63, 3.8) is 0 Å². The molecule has 1 aliphatic rings. The Kier molecular flexibility index (Phi) is 6.94. The Morgan fingerprint density at radius 1 is 0.951 bits per heavy atom. The van der Waals surface area contributed by atoms with Gasteiger partial charge in [0.25, 0.3) is 5.78 Å². The van der Waals surface area contributed by atoms with Gasteiger partial charge in [-0.1, -0.05) is 53.8 Å². The zero-order valence-electron chi connectivity index (χ0n) is 21.8. The number of aromatic nitrogens is 1. The highest BCUT2D eigenvalue weighted by Crippen LogP contribution is 2.45. The van der Waals surface area contributed by atoms with Crippen LogP contribution in [0, 0.1) is 5.82 Å². The number of aliphatic hydroxyl groups excluding tert-OH is 1. The third-order valence-electron chi connectivity index (χ3n) is 6.80. The normalized spacial score (nSPS) is 16.3. The Hall–Kier alpha value is -5.02. The predicted molar refractivity (Wildman–Crippen MR) is 155 cm³/mol. The highest BCUT2D eigenvalue weighted by molar-refractivity contribution is 7.22. The first kappa shape index (κ1) is 26.2. The molecule has 4 aromatic carbocycles. The van der Waals surface area contributed by atoms with Gasteiger partial charge in [-0.15, -0.1) is 0 Å². The zero-order valence-corrected chi connectivity index (χ0v) is 22.6. The molecule has 0 radical (unpaired) electrons. The number of carbonyl (C=O) groups excluding carboxylic acids is 2. The minimum absolute atomic E-state index is 0.114. The average Bonchev–Trinajstić information content (AvgIpc) is 3.54. The van der Waals surface area contributed by atoms with Gasteiger partial charge in [-0.05, 0) is 65.7 Å². The van der Waals surface area contributed by atoms with E-state index in [-0.39, 0.29) is 11.1 Å². The lowest BCUT2D eigenvalue weighted by atomic mass is 9.95. The molecule has 7 nitrogen and oxygen atoms in total. The number of halogens is 1. The summed E-state index contributed by atoms with van der Waals surface area (Å²) in [6.45, 7) is 0.373. The summed E-state index contributed by atoms with van der Waals surface area (Å²) >= 11 is 1.23. The van der Waals surface area contributed by atoms with Crippen LogP contribution >= 0.6 is 11.3 Å². The van der Waals surface area contributed by atoms with Gasteiger partial charge in [0.05, 0.1) is 28.9 Å². The molecule has 0 saturated carbocycles. The van der Waals surface area contributed by atoms with Crippen molar-refractivity contribution in [3.8, 4) is 11.5 Å². The quantitative estimate of drug-likeness (QED) is 0.135. The maximum Gasteiger partial charge on any atom is 0.301 e. The molecule has 1 aromatic heterocycles. The second-order valence-corrected chi connectivity index (χ2v) is 10.4. The van der Waals surface area contributed by atoms with E-state index < -0.39 is 29.3 Å². The summed E-state index contributed by atoms with van der Waals surface area (Å²) < 4.78 is 25.6.